The number of hydrogen-bond acceptors (Lipinski definition) is 4. The van der Waals surface area contributed by atoms with Gasteiger partial charge in [-0.05, 0) is 18.2 Å². The van der Waals surface area contributed by atoms with E-state index in [1.165, 1.54) is 0 Å². The number of halogens is 1. The molecule has 0 spiro atoms. The molecule has 0 aromatic heterocycles. The average molecular weight is 244 g/mol. The molecule has 4 nitrogen and oxygen atoms in total. The normalized spacial score (nSPS) is 18.7. The van der Waals surface area contributed by atoms with E-state index in [-0.39, 0.29) is 6.54 Å². The Bertz CT molecular complexity index is 377. The zero-order chi connectivity index (χ0) is 11.6. The van der Waals surface area contributed by atoms with Crippen LogP contribution in [-0.4, -0.2) is 26.9 Å². The number of ether oxygens (including phenoxy) is 3. The smallest absolute Gasteiger partial charge is 0.207 e. The van der Waals surface area contributed by atoms with Gasteiger partial charge in [-0.3, -0.25) is 0 Å². The maximum Gasteiger partial charge on any atom is 0.207 e. The second-order valence-electron chi connectivity index (χ2n) is 3.50. The van der Waals surface area contributed by atoms with E-state index in [1.807, 2.05) is 6.07 Å². The molecule has 0 unspecified atom stereocenters. The van der Waals surface area contributed by atoms with Gasteiger partial charge in [0, 0.05) is 5.56 Å². The Morgan fingerprint density at radius 1 is 1.44 bits per heavy atom. The van der Waals surface area contributed by atoms with Gasteiger partial charge >= 0.3 is 0 Å². The minimum atomic E-state index is -0.851. The molecule has 1 aromatic carbocycles. The SMILES string of the molecule is COc1ccc(C2(CN)OCCO2)cc1Cl. The highest BCUT2D eigenvalue weighted by Crippen LogP contribution is 2.34. The molecule has 0 amide bonds. The van der Waals surface area contributed by atoms with Gasteiger partial charge in [-0.15, -0.1) is 0 Å². The van der Waals surface area contributed by atoms with Gasteiger partial charge in [0.2, 0.25) is 5.79 Å². The second-order valence-corrected chi connectivity index (χ2v) is 3.91. The van der Waals surface area contributed by atoms with E-state index < -0.39 is 5.79 Å². The van der Waals surface area contributed by atoms with Crippen molar-refractivity contribution in [2.24, 2.45) is 5.73 Å². The molecular formula is C11H14ClNO3. The summed E-state index contributed by atoms with van der Waals surface area (Å²) in [5.74, 6) is -0.230. The predicted molar refractivity (Wildman–Crippen MR) is 60.6 cm³/mol. The third-order valence-electron chi connectivity index (χ3n) is 2.61. The fourth-order valence-electron chi connectivity index (χ4n) is 1.76. The lowest BCUT2D eigenvalue weighted by atomic mass is 10.1. The van der Waals surface area contributed by atoms with Gasteiger partial charge in [0.15, 0.2) is 0 Å². The van der Waals surface area contributed by atoms with Crippen molar-refractivity contribution in [2.45, 2.75) is 5.79 Å². The monoisotopic (exact) mass is 243 g/mol. The molecule has 5 heteroatoms. The summed E-state index contributed by atoms with van der Waals surface area (Å²) in [6.45, 7) is 1.34. The largest absolute Gasteiger partial charge is 0.495 e. The molecule has 0 saturated carbocycles. The van der Waals surface area contributed by atoms with E-state index in [1.54, 1.807) is 19.2 Å². The van der Waals surface area contributed by atoms with Crippen LogP contribution in [0.25, 0.3) is 0 Å². The third-order valence-corrected chi connectivity index (χ3v) is 2.91. The molecule has 1 aliphatic heterocycles. The van der Waals surface area contributed by atoms with Gasteiger partial charge in [-0.25, -0.2) is 0 Å². The van der Waals surface area contributed by atoms with E-state index in [2.05, 4.69) is 0 Å². The third kappa shape index (κ3) is 1.89. The van der Waals surface area contributed by atoms with Crippen LogP contribution in [0.5, 0.6) is 5.75 Å². The molecule has 0 aliphatic carbocycles. The van der Waals surface area contributed by atoms with Crippen LogP contribution in [0.1, 0.15) is 5.56 Å². The molecule has 2 rings (SSSR count). The summed E-state index contributed by atoms with van der Waals surface area (Å²) < 4.78 is 16.2. The van der Waals surface area contributed by atoms with Gasteiger partial charge in [0.25, 0.3) is 0 Å². The lowest BCUT2D eigenvalue weighted by Gasteiger charge is -2.26. The molecule has 1 saturated heterocycles. The summed E-state index contributed by atoms with van der Waals surface area (Å²) in [5, 5.41) is 0.520. The molecule has 0 atom stereocenters. The first kappa shape index (κ1) is 11.7. The maximum atomic E-state index is 6.05. The van der Waals surface area contributed by atoms with Crippen LogP contribution in [0.3, 0.4) is 0 Å². The Morgan fingerprint density at radius 3 is 2.62 bits per heavy atom. The number of benzene rings is 1. The van der Waals surface area contributed by atoms with Crippen LogP contribution in [0.15, 0.2) is 18.2 Å². The van der Waals surface area contributed by atoms with Gasteiger partial charge in [-0.2, -0.15) is 0 Å². The first-order chi connectivity index (χ1) is 7.72. The zero-order valence-corrected chi connectivity index (χ0v) is 9.79. The van der Waals surface area contributed by atoms with Gasteiger partial charge in [-0.1, -0.05) is 11.6 Å². The van der Waals surface area contributed by atoms with E-state index in [4.69, 9.17) is 31.5 Å². The van der Waals surface area contributed by atoms with Crippen molar-refractivity contribution in [3.05, 3.63) is 28.8 Å². The summed E-state index contributed by atoms with van der Waals surface area (Å²) >= 11 is 6.05. The summed E-state index contributed by atoms with van der Waals surface area (Å²) in [6, 6.07) is 5.39. The standard InChI is InChI=1S/C11H14ClNO3/c1-14-10-3-2-8(6-9(10)12)11(7-13)15-4-5-16-11/h2-3,6H,4-5,7,13H2,1H3. The van der Waals surface area contributed by atoms with Crippen LogP contribution in [0.2, 0.25) is 5.02 Å². The first-order valence-corrected chi connectivity index (χ1v) is 5.41. The number of nitrogens with two attached hydrogens (primary N) is 1. The number of rotatable bonds is 3. The summed E-state index contributed by atoms with van der Waals surface area (Å²) in [6.07, 6.45) is 0. The molecule has 1 heterocycles. The van der Waals surface area contributed by atoms with Crippen molar-refractivity contribution < 1.29 is 14.2 Å². The Kier molecular flexibility index (Phi) is 3.35. The Balaban J connectivity index is 2.36. The first-order valence-electron chi connectivity index (χ1n) is 5.04. The Hall–Kier alpha value is -0.810. The fourth-order valence-corrected chi connectivity index (χ4v) is 2.02. The van der Waals surface area contributed by atoms with E-state index >= 15 is 0 Å². The number of hydrogen-bond donors (Lipinski definition) is 1. The molecule has 88 valence electrons. The van der Waals surface area contributed by atoms with Gasteiger partial charge < -0.3 is 19.9 Å². The van der Waals surface area contributed by atoms with Crippen molar-refractivity contribution in [1.82, 2.24) is 0 Å². The molecule has 1 fully saturated rings. The predicted octanol–water partition coefficient (Wildman–Crippen LogP) is 1.51. The topological polar surface area (TPSA) is 53.7 Å². The molecule has 1 aromatic rings. The van der Waals surface area contributed by atoms with Gasteiger partial charge in [0.1, 0.15) is 5.75 Å². The van der Waals surface area contributed by atoms with Crippen LogP contribution >= 0.6 is 11.6 Å². The second kappa shape index (κ2) is 4.59. The average Bonchev–Trinajstić information content (AvgIpc) is 2.78. The molecule has 1 aliphatic rings. The highest BCUT2D eigenvalue weighted by atomic mass is 35.5. The summed E-state index contributed by atoms with van der Waals surface area (Å²) in [7, 11) is 1.57. The Morgan fingerprint density at radius 2 is 2.12 bits per heavy atom. The molecule has 0 radical (unpaired) electrons. The van der Waals surface area contributed by atoms with E-state index in [9.17, 15) is 0 Å². The Labute approximate surface area is 99.2 Å². The van der Waals surface area contributed by atoms with Crippen molar-refractivity contribution in [3.63, 3.8) is 0 Å². The highest BCUT2D eigenvalue weighted by molar-refractivity contribution is 6.32. The van der Waals surface area contributed by atoms with Crippen molar-refractivity contribution >= 4 is 11.6 Å². The number of methoxy groups -OCH3 is 1. The van der Waals surface area contributed by atoms with E-state index in [0.29, 0.717) is 24.0 Å². The summed E-state index contributed by atoms with van der Waals surface area (Å²) in [4.78, 5) is 0. The molecule has 2 N–H and O–H groups in total. The summed E-state index contributed by atoms with van der Waals surface area (Å²) in [5.41, 5.74) is 6.51. The lowest BCUT2D eigenvalue weighted by Crippen LogP contribution is -2.36. The highest BCUT2D eigenvalue weighted by Gasteiger charge is 2.37. The fraction of sp³-hybridized carbons (Fsp3) is 0.455. The molecular weight excluding hydrogens is 230 g/mol. The van der Waals surface area contributed by atoms with Crippen LogP contribution < -0.4 is 10.5 Å². The van der Waals surface area contributed by atoms with Gasteiger partial charge in [0.05, 0.1) is 31.9 Å². The van der Waals surface area contributed by atoms with Crippen LogP contribution in [-0.2, 0) is 15.3 Å². The van der Waals surface area contributed by atoms with Crippen molar-refractivity contribution in [1.29, 1.82) is 0 Å². The molecule has 0 bridgehead atoms. The lowest BCUT2D eigenvalue weighted by molar-refractivity contribution is -0.156. The molecule has 16 heavy (non-hydrogen) atoms. The zero-order valence-electron chi connectivity index (χ0n) is 9.03. The van der Waals surface area contributed by atoms with E-state index in [0.717, 1.165) is 5.56 Å². The minimum absolute atomic E-state index is 0.260. The van der Waals surface area contributed by atoms with Crippen molar-refractivity contribution in [2.75, 3.05) is 26.9 Å². The van der Waals surface area contributed by atoms with Crippen LogP contribution in [0.4, 0.5) is 0 Å². The minimum Gasteiger partial charge on any atom is -0.495 e. The van der Waals surface area contributed by atoms with Crippen LogP contribution in [0, 0.1) is 0 Å². The quantitative estimate of drug-likeness (QED) is 0.874. The van der Waals surface area contributed by atoms with Crippen molar-refractivity contribution in [3.8, 4) is 5.75 Å². The maximum absolute atomic E-state index is 6.05.